The SMILES string of the molecule is CNCC(=O)NCC(O)c1ccccc1OC. The molecule has 0 saturated heterocycles. The summed E-state index contributed by atoms with van der Waals surface area (Å²) in [7, 11) is 3.24. The molecule has 0 fully saturated rings. The minimum atomic E-state index is -0.771. The van der Waals surface area contributed by atoms with Gasteiger partial charge in [0.2, 0.25) is 5.91 Å². The fourth-order valence-corrected chi connectivity index (χ4v) is 1.49. The average Bonchev–Trinajstić information content (AvgIpc) is 2.36. The lowest BCUT2D eigenvalue weighted by Crippen LogP contribution is -2.34. The molecule has 1 amide bonds. The molecule has 0 spiro atoms. The Balaban J connectivity index is 2.57. The van der Waals surface area contributed by atoms with E-state index in [9.17, 15) is 9.90 Å². The van der Waals surface area contributed by atoms with Crippen molar-refractivity contribution in [2.45, 2.75) is 6.10 Å². The maximum atomic E-state index is 11.2. The van der Waals surface area contributed by atoms with E-state index in [-0.39, 0.29) is 19.0 Å². The van der Waals surface area contributed by atoms with Crippen LogP contribution in [0.4, 0.5) is 0 Å². The lowest BCUT2D eigenvalue weighted by atomic mass is 10.1. The minimum Gasteiger partial charge on any atom is -0.496 e. The highest BCUT2D eigenvalue weighted by molar-refractivity contribution is 5.77. The lowest BCUT2D eigenvalue weighted by Gasteiger charge is -2.15. The van der Waals surface area contributed by atoms with Gasteiger partial charge in [-0.2, -0.15) is 0 Å². The number of likely N-dealkylation sites (N-methyl/N-ethyl adjacent to an activating group) is 1. The van der Waals surface area contributed by atoms with E-state index in [1.807, 2.05) is 12.1 Å². The van der Waals surface area contributed by atoms with Crippen molar-refractivity contribution in [3.8, 4) is 5.75 Å². The van der Waals surface area contributed by atoms with Crippen LogP contribution in [0.2, 0.25) is 0 Å². The molecule has 0 aliphatic heterocycles. The Morgan fingerprint density at radius 3 is 2.82 bits per heavy atom. The van der Waals surface area contributed by atoms with Crippen molar-refractivity contribution in [1.29, 1.82) is 0 Å². The standard InChI is InChI=1S/C12H18N2O3/c1-13-8-12(16)14-7-10(15)9-5-3-4-6-11(9)17-2/h3-6,10,13,15H,7-8H2,1-2H3,(H,14,16). The maximum absolute atomic E-state index is 11.2. The van der Waals surface area contributed by atoms with Gasteiger partial charge < -0.3 is 20.5 Å². The number of aliphatic hydroxyl groups excluding tert-OH is 1. The number of aliphatic hydroxyl groups is 1. The predicted octanol–water partition coefficient (Wildman–Crippen LogP) is 0.0642. The number of carbonyl (C=O) groups is 1. The fraction of sp³-hybridized carbons (Fsp3) is 0.417. The Kier molecular flexibility index (Phi) is 5.45. The quantitative estimate of drug-likeness (QED) is 0.655. The number of rotatable bonds is 6. The number of hydrogen-bond donors (Lipinski definition) is 3. The van der Waals surface area contributed by atoms with Gasteiger partial charge in [-0.1, -0.05) is 18.2 Å². The van der Waals surface area contributed by atoms with Crippen LogP contribution in [0.1, 0.15) is 11.7 Å². The first-order valence-electron chi connectivity index (χ1n) is 5.41. The summed E-state index contributed by atoms with van der Waals surface area (Å²) < 4.78 is 5.14. The third-order valence-corrected chi connectivity index (χ3v) is 2.33. The van der Waals surface area contributed by atoms with Gasteiger partial charge in [0.1, 0.15) is 5.75 Å². The van der Waals surface area contributed by atoms with Gasteiger partial charge in [-0.25, -0.2) is 0 Å². The third-order valence-electron chi connectivity index (χ3n) is 2.33. The van der Waals surface area contributed by atoms with Crippen molar-refractivity contribution in [3.63, 3.8) is 0 Å². The second kappa shape index (κ2) is 6.88. The van der Waals surface area contributed by atoms with Gasteiger partial charge in [0, 0.05) is 12.1 Å². The van der Waals surface area contributed by atoms with Crippen LogP contribution in [-0.4, -0.2) is 38.3 Å². The topological polar surface area (TPSA) is 70.6 Å². The van der Waals surface area contributed by atoms with E-state index >= 15 is 0 Å². The number of carbonyl (C=O) groups excluding carboxylic acids is 1. The van der Waals surface area contributed by atoms with Crippen molar-refractivity contribution in [2.75, 3.05) is 27.2 Å². The van der Waals surface area contributed by atoms with E-state index in [1.165, 1.54) is 0 Å². The van der Waals surface area contributed by atoms with Crippen LogP contribution in [0, 0.1) is 0 Å². The Labute approximate surface area is 101 Å². The highest BCUT2D eigenvalue weighted by Crippen LogP contribution is 2.23. The number of amides is 1. The molecule has 5 nitrogen and oxygen atoms in total. The zero-order valence-corrected chi connectivity index (χ0v) is 10.1. The van der Waals surface area contributed by atoms with Gasteiger partial charge in [-0.05, 0) is 13.1 Å². The fourth-order valence-electron chi connectivity index (χ4n) is 1.49. The molecule has 1 atom stereocenters. The second-order valence-electron chi connectivity index (χ2n) is 3.59. The van der Waals surface area contributed by atoms with Crippen LogP contribution in [0.25, 0.3) is 0 Å². The Morgan fingerprint density at radius 1 is 1.47 bits per heavy atom. The molecule has 0 aromatic heterocycles. The summed E-state index contributed by atoms with van der Waals surface area (Å²) >= 11 is 0. The molecular weight excluding hydrogens is 220 g/mol. The number of nitrogens with one attached hydrogen (secondary N) is 2. The minimum absolute atomic E-state index is 0.151. The van der Waals surface area contributed by atoms with Crippen LogP contribution >= 0.6 is 0 Å². The first-order valence-corrected chi connectivity index (χ1v) is 5.41. The largest absolute Gasteiger partial charge is 0.496 e. The highest BCUT2D eigenvalue weighted by atomic mass is 16.5. The number of para-hydroxylation sites is 1. The third kappa shape index (κ3) is 4.05. The maximum Gasteiger partial charge on any atom is 0.234 e. The van der Waals surface area contributed by atoms with Crippen molar-refractivity contribution in [2.24, 2.45) is 0 Å². The molecule has 1 aromatic rings. The molecule has 0 aliphatic rings. The molecule has 17 heavy (non-hydrogen) atoms. The molecule has 1 unspecified atom stereocenters. The van der Waals surface area contributed by atoms with Crippen LogP contribution in [0.15, 0.2) is 24.3 Å². The summed E-state index contributed by atoms with van der Waals surface area (Å²) in [6.45, 7) is 0.402. The number of methoxy groups -OCH3 is 1. The number of ether oxygens (including phenoxy) is 1. The average molecular weight is 238 g/mol. The molecule has 0 heterocycles. The molecular formula is C12H18N2O3. The van der Waals surface area contributed by atoms with Gasteiger partial charge in [0.05, 0.1) is 19.8 Å². The van der Waals surface area contributed by atoms with Crippen molar-refractivity contribution < 1.29 is 14.6 Å². The van der Waals surface area contributed by atoms with E-state index in [2.05, 4.69) is 10.6 Å². The van der Waals surface area contributed by atoms with Gasteiger partial charge in [0.15, 0.2) is 0 Å². The summed E-state index contributed by atoms with van der Waals surface area (Å²) in [5, 5.41) is 15.3. The summed E-state index contributed by atoms with van der Waals surface area (Å²) in [5.74, 6) is 0.462. The van der Waals surface area contributed by atoms with Gasteiger partial charge >= 0.3 is 0 Å². The zero-order chi connectivity index (χ0) is 12.7. The Morgan fingerprint density at radius 2 is 2.18 bits per heavy atom. The molecule has 0 aliphatic carbocycles. The highest BCUT2D eigenvalue weighted by Gasteiger charge is 2.13. The first-order chi connectivity index (χ1) is 8.19. The molecule has 3 N–H and O–H groups in total. The van der Waals surface area contributed by atoms with Gasteiger partial charge in [0.25, 0.3) is 0 Å². The van der Waals surface area contributed by atoms with E-state index in [4.69, 9.17) is 4.74 Å². The Hall–Kier alpha value is -1.59. The van der Waals surface area contributed by atoms with Gasteiger partial charge in [-0.15, -0.1) is 0 Å². The summed E-state index contributed by atoms with van der Waals surface area (Å²) in [4.78, 5) is 11.2. The summed E-state index contributed by atoms with van der Waals surface area (Å²) in [5.41, 5.74) is 0.666. The zero-order valence-electron chi connectivity index (χ0n) is 10.1. The summed E-state index contributed by atoms with van der Waals surface area (Å²) in [6, 6.07) is 7.19. The second-order valence-corrected chi connectivity index (χ2v) is 3.59. The van der Waals surface area contributed by atoms with Crippen molar-refractivity contribution >= 4 is 5.91 Å². The van der Waals surface area contributed by atoms with Crippen LogP contribution in [0.3, 0.4) is 0 Å². The molecule has 0 radical (unpaired) electrons. The van der Waals surface area contributed by atoms with Crippen LogP contribution in [-0.2, 0) is 4.79 Å². The van der Waals surface area contributed by atoms with Crippen LogP contribution in [0.5, 0.6) is 5.75 Å². The summed E-state index contributed by atoms with van der Waals surface area (Å²) in [6.07, 6.45) is -0.771. The molecule has 5 heteroatoms. The molecule has 1 aromatic carbocycles. The molecule has 94 valence electrons. The van der Waals surface area contributed by atoms with Crippen LogP contribution < -0.4 is 15.4 Å². The monoisotopic (exact) mass is 238 g/mol. The van der Waals surface area contributed by atoms with Gasteiger partial charge in [-0.3, -0.25) is 4.79 Å². The molecule has 1 rings (SSSR count). The number of hydrogen-bond acceptors (Lipinski definition) is 4. The molecule has 0 bridgehead atoms. The predicted molar refractivity (Wildman–Crippen MR) is 64.9 cm³/mol. The van der Waals surface area contributed by atoms with Crippen molar-refractivity contribution in [1.82, 2.24) is 10.6 Å². The lowest BCUT2D eigenvalue weighted by molar-refractivity contribution is -0.120. The van der Waals surface area contributed by atoms with E-state index in [0.717, 1.165) is 0 Å². The number of benzene rings is 1. The van der Waals surface area contributed by atoms with E-state index in [0.29, 0.717) is 11.3 Å². The first kappa shape index (κ1) is 13.5. The Bertz CT molecular complexity index is 369. The van der Waals surface area contributed by atoms with E-state index in [1.54, 1.807) is 26.3 Å². The normalized spacial score (nSPS) is 11.9. The van der Waals surface area contributed by atoms with Crippen molar-refractivity contribution in [3.05, 3.63) is 29.8 Å². The van der Waals surface area contributed by atoms with E-state index < -0.39 is 6.10 Å². The smallest absolute Gasteiger partial charge is 0.234 e. The molecule has 0 saturated carbocycles.